The fourth-order valence-electron chi connectivity index (χ4n) is 1.34. The van der Waals surface area contributed by atoms with Crippen LogP contribution in [0.2, 0.25) is 0 Å². The summed E-state index contributed by atoms with van der Waals surface area (Å²) >= 11 is 0. The topological polar surface area (TPSA) is 87.7 Å². The number of imidazole rings is 1. The Bertz CT molecular complexity index is 467. The Hall–Kier alpha value is -1.98. The average Bonchev–Trinajstić information content (AvgIpc) is 2.76. The maximum absolute atomic E-state index is 5.76. The third-order valence-corrected chi connectivity index (χ3v) is 2.24. The van der Waals surface area contributed by atoms with Crippen LogP contribution in [0.4, 0.5) is 5.82 Å². The van der Waals surface area contributed by atoms with Crippen molar-refractivity contribution in [2.45, 2.75) is 19.9 Å². The van der Waals surface area contributed by atoms with E-state index in [1.807, 2.05) is 10.9 Å². The van der Waals surface area contributed by atoms with Gasteiger partial charge in [-0.1, -0.05) is 0 Å². The van der Waals surface area contributed by atoms with Crippen molar-refractivity contribution in [2.75, 3.05) is 11.6 Å². The summed E-state index contributed by atoms with van der Waals surface area (Å²) in [6.07, 6.45) is 5.12. The molecular formula is C9H14N6. The number of aromatic nitrogens is 4. The summed E-state index contributed by atoms with van der Waals surface area (Å²) < 4.78 is 3.15. The molecule has 6 nitrogen and oxygen atoms in total. The Kier molecular flexibility index (Phi) is 2.11. The van der Waals surface area contributed by atoms with Crippen LogP contribution in [0.25, 0.3) is 11.3 Å². The molecule has 80 valence electrons. The van der Waals surface area contributed by atoms with E-state index in [9.17, 15) is 0 Å². The van der Waals surface area contributed by atoms with Gasteiger partial charge in [0.15, 0.2) is 5.82 Å². The van der Waals surface area contributed by atoms with Gasteiger partial charge in [0.2, 0.25) is 0 Å². The zero-order chi connectivity index (χ0) is 11.0. The van der Waals surface area contributed by atoms with E-state index in [-0.39, 0.29) is 0 Å². The molecule has 0 bridgehead atoms. The van der Waals surface area contributed by atoms with Crippen LogP contribution in [-0.2, 0) is 0 Å². The lowest BCUT2D eigenvalue weighted by Gasteiger charge is -2.02. The minimum absolute atomic E-state index is 0.319. The highest BCUT2D eigenvalue weighted by molar-refractivity contribution is 5.69. The van der Waals surface area contributed by atoms with Crippen molar-refractivity contribution in [1.29, 1.82) is 0 Å². The highest BCUT2D eigenvalue weighted by Crippen LogP contribution is 2.22. The van der Waals surface area contributed by atoms with Crippen molar-refractivity contribution in [1.82, 2.24) is 19.4 Å². The smallest absolute Gasteiger partial charge is 0.150 e. The first-order valence-corrected chi connectivity index (χ1v) is 4.72. The van der Waals surface area contributed by atoms with E-state index in [0.717, 1.165) is 5.56 Å². The van der Waals surface area contributed by atoms with Gasteiger partial charge in [0.1, 0.15) is 12.0 Å². The van der Waals surface area contributed by atoms with Crippen molar-refractivity contribution in [3.05, 3.63) is 18.7 Å². The first kappa shape index (κ1) is 9.57. The highest BCUT2D eigenvalue weighted by atomic mass is 15.3. The molecule has 0 aliphatic carbocycles. The van der Waals surface area contributed by atoms with Gasteiger partial charge in [-0.05, 0) is 13.8 Å². The van der Waals surface area contributed by atoms with Crippen molar-refractivity contribution in [3.8, 4) is 11.3 Å². The number of anilines is 1. The maximum Gasteiger partial charge on any atom is 0.150 e. The predicted octanol–water partition coefficient (Wildman–Crippen LogP) is 0.623. The first-order valence-electron chi connectivity index (χ1n) is 4.72. The molecule has 0 unspecified atom stereocenters. The van der Waals surface area contributed by atoms with Gasteiger partial charge >= 0.3 is 0 Å². The fraction of sp³-hybridized carbons (Fsp3) is 0.333. The normalized spacial score (nSPS) is 11.1. The largest absolute Gasteiger partial charge is 0.382 e. The van der Waals surface area contributed by atoms with Gasteiger partial charge in [0.05, 0.1) is 6.20 Å². The number of hydrogen-bond acceptors (Lipinski definition) is 4. The number of nitrogen functional groups attached to an aromatic ring is 2. The second kappa shape index (κ2) is 3.30. The molecule has 2 rings (SSSR count). The van der Waals surface area contributed by atoms with E-state index < -0.39 is 0 Å². The molecule has 15 heavy (non-hydrogen) atoms. The van der Waals surface area contributed by atoms with Crippen LogP contribution in [0.15, 0.2) is 18.7 Å². The molecule has 0 saturated carbocycles. The minimum atomic E-state index is 0.319. The van der Waals surface area contributed by atoms with E-state index in [0.29, 0.717) is 17.6 Å². The molecule has 0 spiro atoms. The molecule has 0 atom stereocenters. The fourth-order valence-corrected chi connectivity index (χ4v) is 1.34. The zero-order valence-corrected chi connectivity index (χ0v) is 8.75. The van der Waals surface area contributed by atoms with Crippen LogP contribution < -0.4 is 11.6 Å². The van der Waals surface area contributed by atoms with Crippen LogP contribution in [0.5, 0.6) is 0 Å². The molecule has 2 aromatic heterocycles. The molecule has 0 aliphatic rings. The second-order valence-corrected chi connectivity index (χ2v) is 3.69. The third-order valence-electron chi connectivity index (χ3n) is 2.24. The van der Waals surface area contributed by atoms with Gasteiger partial charge in [-0.25, -0.2) is 9.66 Å². The molecule has 0 fully saturated rings. The molecule has 0 amide bonds. The van der Waals surface area contributed by atoms with Gasteiger partial charge < -0.3 is 11.6 Å². The minimum Gasteiger partial charge on any atom is -0.382 e. The van der Waals surface area contributed by atoms with Crippen LogP contribution in [0.1, 0.15) is 19.9 Å². The van der Waals surface area contributed by atoms with Gasteiger partial charge in [0.25, 0.3) is 0 Å². The molecule has 6 heteroatoms. The third kappa shape index (κ3) is 1.54. The average molecular weight is 206 g/mol. The summed E-state index contributed by atoms with van der Waals surface area (Å²) in [5, 5.41) is 4.21. The van der Waals surface area contributed by atoms with Crippen LogP contribution in [0, 0.1) is 0 Å². The monoisotopic (exact) mass is 206 g/mol. The number of rotatable bonds is 2. The molecule has 0 saturated heterocycles. The lowest BCUT2D eigenvalue weighted by atomic mass is 10.2. The van der Waals surface area contributed by atoms with E-state index >= 15 is 0 Å². The Balaban J connectivity index is 2.41. The van der Waals surface area contributed by atoms with Gasteiger partial charge in [-0.15, -0.1) is 0 Å². The number of nitrogens with zero attached hydrogens (tertiary/aromatic N) is 4. The summed E-state index contributed by atoms with van der Waals surface area (Å²) in [4.78, 5) is 4.12. The predicted molar refractivity (Wildman–Crippen MR) is 58.4 cm³/mol. The van der Waals surface area contributed by atoms with Gasteiger partial charge in [-0.2, -0.15) is 5.10 Å². The number of nitrogens with two attached hydrogens (primary N) is 2. The summed E-state index contributed by atoms with van der Waals surface area (Å²) in [6, 6.07) is 0.319. The Morgan fingerprint density at radius 1 is 1.40 bits per heavy atom. The van der Waals surface area contributed by atoms with E-state index in [2.05, 4.69) is 23.9 Å². The van der Waals surface area contributed by atoms with Crippen LogP contribution in [-0.4, -0.2) is 19.4 Å². The summed E-state index contributed by atoms with van der Waals surface area (Å²) in [7, 11) is 0. The lowest BCUT2D eigenvalue weighted by molar-refractivity contribution is 0.532. The molecule has 2 heterocycles. The molecule has 0 aliphatic heterocycles. The van der Waals surface area contributed by atoms with Crippen molar-refractivity contribution >= 4 is 5.82 Å². The van der Waals surface area contributed by atoms with Crippen LogP contribution in [0.3, 0.4) is 0 Å². The Morgan fingerprint density at radius 2 is 2.13 bits per heavy atom. The SMILES string of the molecule is CC(C)n1cc(-c2ncn(N)c2N)cn1. The standard InChI is InChI=1S/C9H14N6/c1-6(2)15-4-7(3-13-15)8-9(10)14(11)5-12-8/h3-6H,10-11H2,1-2H3. The van der Waals surface area contributed by atoms with Crippen molar-refractivity contribution in [3.63, 3.8) is 0 Å². The molecule has 2 aromatic rings. The highest BCUT2D eigenvalue weighted by Gasteiger charge is 2.11. The molecular weight excluding hydrogens is 192 g/mol. The quantitative estimate of drug-likeness (QED) is 0.705. The van der Waals surface area contributed by atoms with E-state index in [1.165, 1.54) is 11.0 Å². The molecule has 4 N–H and O–H groups in total. The second-order valence-electron chi connectivity index (χ2n) is 3.69. The Morgan fingerprint density at radius 3 is 2.60 bits per heavy atom. The van der Waals surface area contributed by atoms with Gasteiger partial charge in [-0.3, -0.25) is 4.68 Å². The molecule has 0 aromatic carbocycles. The summed E-state index contributed by atoms with van der Waals surface area (Å²) in [6.45, 7) is 4.11. The summed E-state index contributed by atoms with van der Waals surface area (Å²) in [5.74, 6) is 5.99. The van der Waals surface area contributed by atoms with Crippen LogP contribution >= 0.6 is 0 Å². The number of hydrogen-bond donors (Lipinski definition) is 2. The summed E-state index contributed by atoms with van der Waals surface area (Å²) in [5.41, 5.74) is 7.31. The Labute approximate surface area is 87.5 Å². The van der Waals surface area contributed by atoms with E-state index in [1.54, 1.807) is 6.20 Å². The lowest BCUT2D eigenvalue weighted by Crippen LogP contribution is -2.09. The maximum atomic E-state index is 5.76. The molecule has 0 radical (unpaired) electrons. The van der Waals surface area contributed by atoms with Crippen molar-refractivity contribution < 1.29 is 0 Å². The van der Waals surface area contributed by atoms with Gasteiger partial charge in [0, 0.05) is 17.8 Å². The van der Waals surface area contributed by atoms with Crippen molar-refractivity contribution in [2.24, 2.45) is 0 Å². The first-order chi connectivity index (χ1) is 7.09. The van der Waals surface area contributed by atoms with E-state index in [4.69, 9.17) is 11.6 Å². The zero-order valence-electron chi connectivity index (χ0n) is 8.75.